The highest BCUT2D eigenvalue weighted by Crippen LogP contribution is 2.25. The maximum absolute atomic E-state index is 12.1. The summed E-state index contributed by atoms with van der Waals surface area (Å²) in [6.45, 7) is 4.86. The largest absolute Gasteiger partial charge is 0.480 e. The fraction of sp³-hybridized carbons (Fsp3) is 0.556. The van der Waals surface area contributed by atoms with E-state index in [9.17, 15) is 9.59 Å². The Morgan fingerprint density at radius 2 is 2.00 bits per heavy atom. The standard InChI is InChI=1S/C18H26N2O4/c1-3-20(11-17(21)22)16-9-15(10-16)19-18(23)13(2)24-12-14-7-5-4-6-8-14/h4-8,13,15-16H,3,9-12H2,1-2H3,(H,19,23)(H,21,22). The number of hydrogen-bond acceptors (Lipinski definition) is 4. The minimum Gasteiger partial charge on any atom is -0.480 e. The van der Waals surface area contributed by atoms with Gasteiger partial charge in [0, 0.05) is 12.1 Å². The normalized spacial score (nSPS) is 21.1. The molecule has 1 aromatic rings. The molecule has 1 amide bonds. The molecule has 1 fully saturated rings. The van der Waals surface area contributed by atoms with Crippen LogP contribution in [0.15, 0.2) is 30.3 Å². The fourth-order valence-electron chi connectivity index (χ4n) is 2.87. The molecule has 1 saturated carbocycles. The van der Waals surface area contributed by atoms with E-state index in [1.165, 1.54) is 0 Å². The number of carbonyl (C=O) groups excluding carboxylic acids is 1. The van der Waals surface area contributed by atoms with Gasteiger partial charge in [0.2, 0.25) is 5.91 Å². The number of benzene rings is 1. The lowest BCUT2D eigenvalue weighted by Crippen LogP contribution is -2.56. The number of aliphatic carboxylic acids is 1. The Balaban J connectivity index is 1.69. The molecule has 1 aliphatic carbocycles. The Morgan fingerprint density at radius 1 is 1.33 bits per heavy atom. The van der Waals surface area contributed by atoms with Gasteiger partial charge < -0.3 is 15.2 Å². The molecule has 0 bridgehead atoms. The molecule has 0 aliphatic heterocycles. The van der Waals surface area contributed by atoms with Crippen LogP contribution in [0.3, 0.4) is 0 Å². The lowest BCUT2D eigenvalue weighted by molar-refractivity contribution is -0.140. The van der Waals surface area contributed by atoms with Gasteiger partial charge in [0.05, 0.1) is 13.2 Å². The van der Waals surface area contributed by atoms with E-state index < -0.39 is 12.1 Å². The van der Waals surface area contributed by atoms with Crippen molar-refractivity contribution in [1.29, 1.82) is 0 Å². The van der Waals surface area contributed by atoms with Crippen LogP contribution in [0.1, 0.15) is 32.3 Å². The molecule has 0 radical (unpaired) electrons. The minimum atomic E-state index is -0.813. The molecule has 1 atom stereocenters. The number of carboxylic acid groups (broad SMARTS) is 1. The zero-order chi connectivity index (χ0) is 17.5. The molecular weight excluding hydrogens is 308 g/mol. The molecule has 1 aliphatic rings. The van der Waals surface area contributed by atoms with Crippen molar-refractivity contribution >= 4 is 11.9 Å². The van der Waals surface area contributed by atoms with E-state index in [0.717, 1.165) is 18.4 Å². The summed E-state index contributed by atoms with van der Waals surface area (Å²) < 4.78 is 5.61. The maximum atomic E-state index is 12.1. The molecule has 6 heteroatoms. The van der Waals surface area contributed by atoms with Crippen LogP contribution in [0.4, 0.5) is 0 Å². The number of amides is 1. The summed E-state index contributed by atoms with van der Waals surface area (Å²) in [5.41, 5.74) is 1.04. The summed E-state index contributed by atoms with van der Waals surface area (Å²) >= 11 is 0. The van der Waals surface area contributed by atoms with Gasteiger partial charge in [0.25, 0.3) is 0 Å². The molecule has 6 nitrogen and oxygen atoms in total. The average molecular weight is 334 g/mol. The third kappa shape index (κ3) is 5.32. The van der Waals surface area contributed by atoms with Crippen LogP contribution in [-0.2, 0) is 20.9 Å². The van der Waals surface area contributed by atoms with Crippen molar-refractivity contribution in [2.24, 2.45) is 0 Å². The number of carboxylic acids is 1. The second kappa shape index (κ2) is 8.80. The zero-order valence-electron chi connectivity index (χ0n) is 14.3. The number of nitrogens with one attached hydrogen (secondary N) is 1. The van der Waals surface area contributed by atoms with Gasteiger partial charge in [-0.15, -0.1) is 0 Å². The summed E-state index contributed by atoms with van der Waals surface area (Å²) in [5.74, 6) is -0.928. The molecule has 1 aromatic carbocycles. The summed E-state index contributed by atoms with van der Waals surface area (Å²) in [4.78, 5) is 24.9. The molecule has 0 saturated heterocycles. The molecule has 0 spiro atoms. The summed E-state index contributed by atoms with van der Waals surface area (Å²) in [6.07, 6.45) is 1.07. The summed E-state index contributed by atoms with van der Waals surface area (Å²) in [5, 5.41) is 11.9. The van der Waals surface area contributed by atoms with Gasteiger partial charge in [-0.05, 0) is 31.9 Å². The SMILES string of the molecule is CCN(CC(=O)O)C1CC(NC(=O)C(C)OCc2ccccc2)C1. The lowest BCUT2D eigenvalue weighted by Gasteiger charge is -2.42. The first-order valence-electron chi connectivity index (χ1n) is 8.41. The Hall–Kier alpha value is -1.92. The Morgan fingerprint density at radius 3 is 2.58 bits per heavy atom. The van der Waals surface area contributed by atoms with E-state index in [0.29, 0.717) is 13.2 Å². The molecule has 1 unspecified atom stereocenters. The number of hydrogen-bond donors (Lipinski definition) is 2. The summed E-state index contributed by atoms with van der Waals surface area (Å²) in [7, 11) is 0. The maximum Gasteiger partial charge on any atom is 0.317 e. The van der Waals surface area contributed by atoms with Crippen molar-refractivity contribution in [3.8, 4) is 0 Å². The Labute approximate surface area is 142 Å². The molecule has 0 aromatic heterocycles. The van der Waals surface area contributed by atoms with Crippen LogP contribution in [0, 0.1) is 0 Å². The van der Waals surface area contributed by atoms with E-state index in [1.807, 2.05) is 42.2 Å². The van der Waals surface area contributed by atoms with Crippen molar-refractivity contribution in [3.05, 3.63) is 35.9 Å². The van der Waals surface area contributed by atoms with Gasteiger partial charge in [-0.1, -0.05) is 37.3 Å². The second-order valence-corrected chi connectivity index (χ2v) is 6.23. The first kappa shape index (κ1) is 18.4. The molecule has 132 valence electrons. The van der Waals surface area contributed by atoms with E-state index in [1.54, 1.807) is 6.92 Å². The van der Waals surface area contributed by atoms with E-state index >= 15 is 0 Å². The van der Waals surface area contributed by atoms with Crippen LogP contribution in [0.25, 0.3) is 0 Å². The third-order valence-corrected chi connectivity index (χ3v) is 4.43. The fourth-order valence-corrected chi connectivity index (χ4v) is 2.87. The average Bonchev–Trinajstić information content (AvgIpc) is 2.54. The number of carbonyl (C=O) groups is 2. The van der Waals surface area contributed by atoms with Crippen molar-refractivity contribution in [3.63, 3.8) is 0 Å². The Bertz CT molecular complexity index is 543. The predicted octanol–water partition coefficient (Wildman–Crippen LogP) is 1.65. The molecule has 24 heavy (non-hydrogen) atoms. The summed E-state index contributed by atoms with van der Waals surface area (Å²) in [6, 6.07) is 10.1. The molecule has 2 rings (SSSR count). The topological polar surface area (TPSA) is 78.9 Å². The minimum absolute atomic E-state index is 0.0540. The predicted molar refractivity (Wildman–Crippen MR) is 90.5 cm³/mol. The second-order valence-electron chi connectivity index (χ2n) is 6.23. The van der Waals surface area contributed by atoms with E-state index in [4.69, 9.17) is 9.84 Å². The van der Waals surface area contributed by atoms with Gasteiger partial charge >= 0.3 is 5.97 Å². The smallest absolute Gasteiger partial charge is 0.317 e. The van der Waals surface area contributed by atoms with Crippen molar-refractivity contribution < 1.29 is 19.4 Å². The quantitative estimate of drug-likeness (QED) is 0.718. The van der Waals surface area contributed by atoms with Crippen LogP contribution >= 0.6 is 0 Å². The van der Waals surface area contributed by atoms with Crippen LogP contribution in [0.2, 0.25) is 0 Å². The number of ether oxygens (including phenoxy) is 1. The highest BCUT2D eigenvalue weighted by Gasteiger charge is 2.35. The Kier molecular flexibility index (Phi) is 6.75. The zero-order valence-corrected chi connectivity index (χ0v) is 14.3. The monoisotopic (exact) mass is 334 g/mol. The highest BCUT2D eigenvalue weighted by atomic mass is 16.5. The van der Waals surface area contributed by atoms with Crippen molar-refractivity contribution in [1.82, 2.24) is 10.2 Å². The highest BCUT2D eigenvalue weighted by molar-refractivity contribution is 5.80. The van der Waals surface area contributed by atoms with Crippen LogP contribution in [0.5, 0.6) is 0 Å². The van der Waals surface area contributed by atoms with Gasteiger partial charge in [-0.3, -0.25) is 14.5 Å². The van der Waals surface area contributed by atoms with Crippen molar-refractivity contribution in [2.45, 2.75) is 51.5 Å². The van der Waals surface area contributed by atoms with Crippen molar-refractivity contribution in [2.75, 3.05) is 13.1 Å². The first-order valence-corrected chi connectivity index (χ1v) is 8.41. The molecular formula is C18H26N2O4. The lowest BCUT2D eigenvalue weighted by atomic mass is 9.85. The molecule has 2 N–H and O–H groups in total. The first-order chi connectivity index (χ1) is 11.5. The third-order valence-electron chi connectivity index (χ3n) is 4.43. The number of rotatable bonds is 9. The molecule has 0 heterocycles. The van der Waals surface area contributed by atoms with E-state index in [2.05, 4.69) is 5.32 Å². The number of likely N-dealkylation sites (N-methyl/N-ethyl adjacent to an activating group) is 1. The van der Waals surface area contributed by atoms with Gasteiger partial charge in [0.1, 0.15) is 6.10 Å². The van der Waals surface area contributed by atoms with Gasteiger partial charge in [0.15, 0.2) is 0 Å². The van der Waals surface area contributed by atoms with Gasteiger partial charge in [-0.25, -0.2) is 0 Å². The van der Waals surface area contributed by atoms with Crippen LogP contribution in [-0.4, -0.2) is 53.2 Å². The number of nitrogens with zero attached hydrogens (tertiary/aromatic N) is 1. The van der Waals surface area contributed by atoms with E-state index in [-0.39, 0.29) is 24.5 Å². The van der Waals surface area contributed by atoms with Crippen LogP contribution < -0.4 is 5.32 Å². The van der Waals surface area contributed by atoms with Gasteiger partial charge in [-0.2, -0.15) is 0 Å².